The van der Waals surface area contributed by atoms with Crippen molar-refractivity contribution in [1.29, 1.82) is 0 Å². The molecule has 1 rings (SSSR count). The number of carboxylic acid groups (broad SMARTS) is 1. The lowest BCUT2D eigenvalue weighted by Gasteiger charge is -2.26. The predicted octanol–water partition coefficient (Wildman–Crippen LogP) is 1.35. The van der Waals surface area contributed by atoms with Crippen molar-refractivity contribution in [1.82, 2.24) is 10.2 Å². The first kappa shape index (κ1) is 19.0. The minimum atomic E-state index is -3.14. The molecule has 7 nitrogen and oxygen atoms in total. The lowest BCUT2D eigenvalue weighted by Crippen LogP contribution is -2.45. The minimum Gasteiger partial charge on any atom is -0.478 e. The van der Waals surface area contributed by atoms with Gasteiger partial charge in [0, 0.05) is 25.4 Å². The second kappa shape index (κ2) is 7.96. The summed E-state index contributed by atoms with van der Waals surface area (Å²) in [4.78, 5) is 24.4. The van der Waals surface area contributed by atoms with Gasteiger partial charge in [0.05, 0.1) is 11.3 Å². The van der Waals surface area contributed by atoms with Crippen LogP contribution in [0.1, 0.15) is 29.8 Å². The normalized spacial score (nSPS) is 11.3. The fourth-order valence-electron chi connectivity index (χ4n) is 1.90. The van der Waals surface area contributed by atoms with Crippen molar-refractivity contribution in [2.45, 2.75) is 26.4 Å². The number of hydrogen-bond donors (Lipinski definition) is 2. The summed E-state index contributed by atoms with van der Waals surface area (Å²) in [7, 11) is -3.14. The number of urea groups is 1. The lowest BCUT2D eigenvalue weighted by molar-refractivity contribution is 0.0696. The monoisotopic (exact) mass is 342 g/mol. The van der Waals surface area contributed by atoms with Crippen LogP contribution in [0.2, 0.25) is 0 Å². The highest BCUT2D eigenvalue weighted by Gasteiger charge is 2.18. The number of carbonyl (C=O) groups is 2. The molecule has 0 atom stereocenters. The van der Waals surface area contributed by atoms with Gasteiger partial charge in [-0.3, -0.25) is 0 Å². The van der Waals surface area contributed by atoms with Crippen LogP contribution in [-0.2, 0) is 16.4 Å². The number of carboxylic acids is 1. The zero-order chi connectivity index (χ0) is 17.6. The molecule has 1 aromatic carbocycles. The molecule has 0 saturated carbocycles. The van der Waals surface area contributed by atoms with E-state index in [9.17, 15) is 18.0 Å². The molecule has 2 N–H and O–H groups in total. The summed E-state index contributed by atoms with van der Waals surface area (Å²) in [5.74, 6) is -1.10. The Kier molecular flexibility index (Phi) is 6.56. The zero-order valence-electron chi connectivity index (χ0n) is 13.4. The molecule has 0 spiro atoms. The Labute approximate surface area is 136 Å². The van der Waals surface area contributed by atoms with Gasteiger partial charge in [-0.25, -0.2) is 18.0 Å². The van der Waals surface area contributed by atoms with Crippen molar-refractivity contribution in [3.63, 3.8) is 0 Å². The van der Waals surface area contributed by atoms with E-state index in [-0.39, 0.29) is 36.5 Å². The summed E-state index contributed by atoms with van der Waals surface area (Å²) in [6.45, 7) is 3.98. The van der Waals surface area contributed by atoms with Gasteiger partial charge in [0.2, 0.25) is 0 Å². The van der Waals surface area contributed by atoms with Crippen molar-refractivity contribution in [3.8, 4) is 0 Å². The number of nitrogens with one attached hydrogen (secondary N) is 1. The quantitative estimate of drug-likeness (QED) is 0.778. The lowest BCUT2D eigenvalue weighted by atomic mass is 10.1. The van der Waals surface area contributed by atoms with Gasteiger partial charge in [0.1, 0.15) is 9.84 Å². The topological polar surface area (TPSA) is 104 Å². The molecular weight excluding hydrogens is 320 g/mol. The third kappa shape index (κ3) is 6.68. The Morgan fingerprint density at radius 3 is 2.22 bits per heavy atom. The van der Waals surface area contributed by atoms with E-state index in [1.807, 2.05) is 13.8 Å². The minimum absolute atomic E-state index is 0.0914. The van der Waals surface area contributed by atoms with Crippen LogP contribution in [-0.4, -0.2) is 55.0 Å². The van der Waals surface area contributed by atoms with Crippen LogP contribution in [0.4, 0.5) is 4.79 Å². The molecule has 0 unspecified atom stereocenters. The largest absolute Gasteiger partial charge is 0.478 e. The molecular formula is C15H22N2O5S. The Morgan fingerprint density at radius 2 is 1.78 bits per heavy atom. The number of rotatable bonds is 7. The van der Waals surface area contributed by atoms with Crippen LogP contribution < -0.4 is 5.32 Å². The molecule has 0 saturated heterocycles. The van der Waals surface area contributed by atoms with Gasteiger partial charge in [0.15, 0.2) is 0 Å². The summed E-state index contributed by atoms with van der Waals surface area (Å²) in [5.41, 5.74) is 0.937. The van der Waals surface area contributed by atoms with Crippen molar-refractivity contribution in [2.24, 2.45) is 0 Å². The highest BCUT2D eigenvalue weighted by Crippen LogP contribution is 2.05. The third-order valence-corrected chi connectivity index (χ3v) is 4.16. The molecule has 0 aromatic heterocycles. The number of carbonyl (C=O) groups excluding carboxylic acids is 1. The Morgan fingerprint density at radius 1 is 1.22 bits per heavy atom. The molecule has 1 aromatic rings. The van der Waals surface area contributed by atoms with Crippen LogP contribution in [0.5, 0.6) is 0 Å². The maximum Gasteiger partial charge on any atom is 0.335 e. The van der Waals surface area contributed by atoms with Gasteiger partial charge in [-0.05, 0) is 31.5 Å². The van der Waals surface area contributed by atoms with E-state index in [2.05, 4.69) is 5.32 Å². The van der Waals surface area contributed by atoms with Gasteiger partial charge >= 0.3 is 12.0 Å². The smallest absolute Gasteiger partial charge is 0.335 e. The maximum atomic E-state index is 12.2. The van der Waals surface area contributed by atoms with Crippen LogP contribution in [0, 0.1) is 0 Å². The second-order valence-corrected chi connectivity index (χ2v) is 7.84. The van der Waals surface area contributed by atoms with E-state index in [1.54, 1.807) is 12.1 Å². The van der Waals surface area contributed by atoms with E-state index < -0.39 is 15.8 Å². The van der Waals surface area contributed by atoms with E-state index in [0.717, 1.165) is 11.8 Å². The van der Waals surface area contributed by atoms with E-state index in [4.69, 9.17) is 5.11 Å². The van der Waals surface area contributed by atoms with Crippen LogP contribution in [0.3, 0.4) is 0 Å². The van der Waals surface area contributed by atoms with Crippen LogP contribution in [0.25, 0.3) is 0 Å². The summed E-state index contributed by atoms with van der Waals surface area (Å²) in [5, 5.41) is 11.5. The Balaban J connectivity index is 2.63. The molecule has 0 aliphatic rings. The number of hydrogen-bond acceptors (Lipinski definition) is 4. The van der Waals surface area contributed by atoms with Crippen molar-refractivity contribution < 1.29 is 23.1 Å². The van der Waals surface area contributed by atoms with Gasteiger partial charge in [-0.15, -0.1) is 0 Å². The van der Waals surface area contributed by atoms with E-state index in [1.165, 1.54) is 17.0 Å². The van der Waals surface area contributed by atoms with Gasteiger partial charge in [-0.1, -0.05) is 12.1 Å². The first-order valence-electron chi connectivity index (χ1n) is 7.14. The molecule has 0 radical (unpaired) electrons. The number of benzene rings is 1. The average Bonchev–Trinajstić information content (AvgIpc) is 2.44. The standard InChI is InChI=1S/C15H22N2O5S/c1-11(2)17(8-9-23(3,21)22)15(20)16-10-12-4-6-13(7-5-12)14(18)19/h4-7,11H,8-10H2,1-3H3,(H,16,20)(H,18,19). The van der Waals surface area contributed by atoms with E-state index in [0.29, 0.717) is 0 Å². The molecule has 2 amide bonds. The molecule has 128 valence electrons. The fourth-order valence-corrected chi connectivity index (χ4v) is 2.43. The van der Waals surface area contributed by atoms with Crippen molar-refractivity contribution in [3.05, 3.63) is 35.4 Å². The summed E-state index contributed by atoms with van der Waals surface area (Å²) < 4.78 is 22.5. The van der Waals surface area contributed by atoms with Crippen LogP contribution in [0.15, 0.2) is 24.3 Å². The van der Waals surface area contributed by atoms with E-state index >= 15 is 0 Å². The number of sulfone groups is 1. The number of nitrogens with zero attached hydrogens (tertiary/aromatic N) is 1. The molecule has 23 heavy (non-hydrogen) atoms. The maximum absolute atomic E-state index is 12.2. The summed E-state index contributed by atoms with van der Waals surface area (Å²) in [6.07, 6.45) is 1.13. The van der Waals surface area contributed by atoms with Crippen LogP contribution >= 0.6 is 0 Å². The Hall–Kier alpha value is -2.09. The van der Waals surface area contributed by atoms with Crippen molar-refractivity contribution >= 4 is 21.8 Å². The van der Waals surface area contributed by atoms with Gasteiger partial charge in [-0.2, -0.15) is 0 Å². The summed E-state index contributed by atoms with van der Waals surface area (Å²) >= 11 is 0. The number of aromatic carboxylic acids is 1. The molecule has 0 bridgehead atoms. The average molecular weight is 342 g/mol. The molecule has 0 aliphatic carbocycles. The van der Waals surface area contributed by atoms with Crippen molar-refractivity contribution in [2.75, 3.05) is 18.6 Å². The Bertz CT molecular complexity index is 653. The predicted molar refractivity (Wildman–Crippen MR) is 87.2 cm³/mol. The number of amides is 2. The second-order valence-electron chi connectivity index (χ2n) is 5.58. The van der Waals surface area contributed by atoms with Gasteiger partial charge in [0.25, 0.3) is 0 Å². The highest BCUT2D eigenvalue weighted by atomic mass is 32.2. The molecule has 0 aliphatic heterocycles. The fraction of sp³-hybridized carbons (Fsp3) is 0.467. The third-order valence-electron chi connectivity index (χ3n) is 3.23. The highest BCUT2D eigenvalue weighted by molar-refractivity contribution is 7.90. The molecule has 8 heteroatoms. The molecule has 0 fully saturated rings. The zero-order valence-corrected chi connectivity index (χ0v) is 14.3. The van der Waals surface area contributed by atoms with Gasteiger partial charge < -0.3 is 15.3 Å². The SMILES string of the molecule is CC(C)N(CCS(C)(=O)=O)C(=O)NCc1ccc(C(=O)O)cc1. The molecule has 0 heterocycles. The summed E-state index contributed by atoms with van der Waals surface area (Å²) in [6, 6.07) is 5.69. The first-order valence-corrected chi connectivity index (χ1v) is 9.20. The first-order chi connectivity index (χ1) is 10.6.